The molecule has 4 aliphatic rings. The predicted molar refractivity (Wildman–Crippen MR) is 153 cm³/mol. The number of rotatable bonds is 3. The molecule has 7 rings (SSSR count). The van der Waals surface area contributed by atoms with E-state index >= 15 is 0 Å². The SMILES string of the molecule is CN(CC#Cc1ccc(F)cc1)C1CC2CC[C@H]1[C@@H](C(=O)O)N2C(=O)N1c2ccccc2C=Cc2ccccc21. The van der Waals surface area contributed by atoms with Crippen molar-refractivity contribution >= 4 is 35.5 Å². The van der Waals surface area contributed by atoms with Crippen molar-refractivity contribution in [2.75, 3.05) is 18.5 Å². The van der Waals surface area contributed by atoms with Gasteiger partial charge < -0.3 is 10.0 Å². The maximum atomic E-state index is 14.5. The number of aliphatic carboxylic acids is 1. The van der Waals surface area contributed by atoms with E-state index in [1.807, 2.05) is 67.7 Å². The number of carboxylic acids is 1. The number of carbonyl (C=O) groups is 2. The first-order chi connectivity index (χ1) is 19.4. The summed E-state index contributed by atoms with van der Waals surface area (Å²) >= 11 is 0. The van der Waals surface area contributed by atoms with Gasteiger partial charge in [-0.15, -0.1) is 0 Å². The van der Waals surface area contributed by atoms with Crippen LogP contribution in [0.1, 0.15) is 36.0 Å². The molecular formula is C33H30FN3O3. The van der Waals surface area contributed by atoms with Crippen molar-refractivity contribution in [3.63, 3.8) is 0 Å². The third-order valence-electron chi connectivity index (χ3n) is 8.37. The highest BCUT2D eigenvalue weighted by Gasteiger charge is 2.54. The van der Waals surface area contributed by atoms with Crippen molar-refractivity contribution in [1.29, 1.82) is 0 Å². The van der Waals surface area contributed by atoms with Gasteiger partial charge >= 0.3 is 12.0 Å². The Morgan fingerprint density at radius 1 is 0.950 bits per heavy atom. The molecule has 0 radical (unpaired) electrons. The molecule has 202 valence electrons. The van der Waals surface area contributed by atoms with Gasteiger partial charge in [0.05, 0.1) is 17.9 Å². The zero-order valence-electron chi connectivity index (χ0n) is 22.2. The molecule has 2 bridgehead atoms. The number of nitrogens with zero attached hydrogens (tertiary/aromatic N) is 3. The smallest absolute Gasteiger partial charge is 0.330 e. The molecule has 0 spiro atoms. The Labute approximate surface area is 233 Å². The van der Waals surface area contributed by atoms with Gasteiger partial charge in [-0.3, -0.25) is 9.80 Å². The monoisotopic (exact) mass is 535 g/mol. The van der Waals surface area contributed by atoms with Gasteiger partial charge in [-0.05, 0) is 73.8 Å². The molecule has 3 aromatic rings. The zero-order valence-corrected chi connectivity index (χ0v) is 22.2. The van der Waals surface area contributed by atoms with Crippen molar-refractivity contribution in [2.24, 2.45) is 5.92 Å². The molecule has 6 nitrogen and oxygen atoms in total. The first kappa shape index (κ1) is 25.8. The topological polar surface area (TPSA) is 64.1 Å². The Morgan fingerprint density at radius 3 is 2.20 bits per heavy atom. The first-order valence-corrected chi connectivity index (χ1v) is 13.6. The predicted octanol–water partition coefficient (Wildman–Crippen LogP) is 5.86. The first-order valence-electron chi connectivity index (χ1n) is 13.6. The Bertz CT molecular complexity index is 1490. The van der Waals surface area contributed by atoms with Crippen LogP contribution >= 0.6 is 0 Å². The molecule has 2 unspecified atom stereocenters. The van der Waals surface area contributed by atoms with E-state index < -0.39 is 12.0 Å². The number of hydrogen-bond acceptors (Lipinski definition) is 3. The lowest BCUT2D eigenvalue weighted by molar-refractivity contribution is -0.152. The highest BCUT2D eigenvalue weighted by Crippen LogP contribution is 2.45. The lowest BCUT2D eigenvalue weighted by Gasteiger charge is -2.55. The van der Waals surface area contributed by atoms with Gasteiger partial charge in [0, 0.05) is 23.6 Å². The summed E-state index contributed by atoms with van der Waals surface area (Å²) < 4.78 is 13.2. The number of para-hydroxylation sites is 2. The number of hydrogen-bond donors (Lipinski definition) is 1. The van der Waals surface area contributed by atoms with E-state index in [4.69, 9.17) is 0 Å². The van der Waals surface area contributed by atoms with Gasteiger partial charge in [0.2, 0.25) is 0 Å². The third-order valence-corrected chi connectivity index (χ3v) is 8.37. The second-order valence-electron chi connectivity index (χ2n) is 10.7. The number of amides is 2. The van der Waals surface area contributed by atoms with E-state index in [-0.39, 0.29) is 29.8 Å². The van der Waals surface area contributed by atoms with Crippen molar-refractivity contribution in [2.45, 2.75) is 37.4 Å². The van der Waals surface area contributed by atoms with Crippen LogP contribution in [0.15, 0.2) is 72.8 Å². The molecule has 40 heavy (non-hydrogen) atoms. The number of anilines is 2. The van der Waals surface area contributed by atoms with E-state index in [0.717, 1.165) is 40.9 Å². The number of halogens is 1. The van der Waals surface area contributed by atoms with E-state index in [1.54, 1.807) is 21.9 Å². The fourth-order valence-corrected chi connectivity index (χ4v) is 6.50. The van der Waals surface area contributed by atoms with Crippen LogP contribution in [0.25, 0.3) is 12.2 Å². The molecule has 4 atom stereocenters. The number of carbonyl (C=O) groups excluding carboxylic acids is 1. The minimum Gasteiger partial charge on any atom is -0.480 e. The Balaban J connectivity index is 1.29. The molecule has 0 aromatic heterocycles. The van der Waals surface area contributed by atoms with E-state index in [0.29, 0.717) is 13.0 Å². The third kappa shape index (κ3) is 4.65. The maximum absolute atomic E-state index is 14.5. The van der Waals surface area contributed by atoms with Crippen molar-refractivity contribution in [3.8, 4) is 11.8 Å². The highest BCUT2D eigenvalue weighted by atomic mass is 19.1. The van der Waals surface area contributed by atoms with Gasteiger partial charge in [0.1, 0.15) is 11.9 Å². The van der Waals surface area contributed by atoms with E-state index in [9.17, 15) is 19.1 Å². The average molecular weight is 536 g/mol. The minimum atomic E-state index is -0.979. The van der Waals surface area contributed by atoms with E-state index in [1.165, 1.54) is 12.1 Å². The fourth-order valence-electron chi connectivity index (χ4n) is 6.50. The number of benzene rings is 3. The van der Waals surface area contributed by atoms with Gasteiger partial charge in [0.25, 0.3) is 0 Å². The Hall–Kier alpha value is -4.41. The second kappa shape index (κ2) is 10.6. The van der Waals surface area contributed by atoms with Crippen LogP contribution in [0.3, 0.4) is 0 Å². The second-order valence-corrected chi connectivity index (χ2v) is 10.7. The minimum absolute atomic E-state index is 0.0169. The molecule has 3 aliphatic heterocycles. The van der Waals surface area contributed by atoms with E-state index in [2.05, 4.69) is 16.7 Å². The molecule has 3 aromatic carbocycles. The molecule has 2 amide bonds. The molecule has 1 aliphatic carbocycles. The standard InChI is InChI=1S/C33H30FN3O3/c1-35(20-6-7-22-12-16-25(34)17-13-22)30-21-26-18-19-27(30)31(32(38)39)36(26)33(40)37-28-10-4-2-8-23(28)14-15-24-9-3-5-11-29(24)37/h2-5,8-17,26-27,30-31H,18-21H2,1H3,(H,38,39)/t26?,27-,30?,31+/m1/s1. The van der Waals surface area contributed by atoms with Crippen molar-refractivity contribution < 1.29 is 19.1 Å². The summed E-state index contributed by atoms with van der Waals surface area (Å²) in [6.45, 7) is 0.449. The molecule has 1 saturated carbocycles. The molecule has 3 heterocycles. The summed E-state index contributed by atoms with van der Waals surface area (Å²) in [5, 5.41) is 10.5. The number of urea groups is 1. The van der Waals surface area contributed by atoms with Crippen LogP contribution in [-0.2, 0) is 4.79 Å². The fraction of sp³-hybridized carbons (Fsp3) is 0.273. The van der Waals surface area contributed by atoms with Crippen LogP contribution in [-0.4, -0.2) is 58.6 Å². The lowest BCUT2D eigenvalue weighted by Crippen LogP contribution is -2.68. The number of fused-ring (bicyclic) bond motifs is 5. The molecular weight excluding hydrogens is 505 g/mol. The normalized spacial score (nSPS) is 22.7. The maximum Gasteiger partial charge on any atom is 0.330 e. The van der Waals surface area contributed by atoms with Gasteiger partial charge in [-0.1, -0.05) is 60.4 Å². The van der Waals surface area contributed by atoms with Gasteiger partial charge in [-0.2, -0.15) is 0 Å². The van der Waals surface area contributed by atoms with Crippen LogP contribution in [0, 0.1) is 23.6 Å². The summed E-state index contributed by atoms with van der Waals surface area (Å²) in [6.07, 6.45) is 6.18. The quantitative estimate of drug-likeness (QED) is 0.427. The van der Waals surface area contributed by atoms with Crippen molar-refractivity contribution in [3.05, 3.63) is 95.3 Å². The van der Waals surface area contributed by atoms with Crippen LogP contribution in [0.4, 0.5) is 20.6 Å². The van der Waals surface area contributed by atoms with Gasteiger partial charge in [0.15, 0.2) is 0 Å². The number of carboxylic acid groups (broad SMARTS) is 1. The highest BCUT2D eigenvalue weighted by molar-refractivity contribution is 6.06. The van der Waals surface area contributed by atoms with Crippen molar-refractivity contribution in [1.82, 2.24) is 9.80 Å². The molecule has 1 N–H and O–H groups in total. The van der Waals surface area contributed by atoms with Crippen LogP contribution in [0.2, 0.25) is 0 Å². The van der Waals surface area contributed by atoms with Gasteiger partial charge in [-0.25, -0.2) is 14.0 Å². The summed E-state index contributed by atoms with van der Waals surface area (Å²) in [4.78, 5) is 32.7. The number of piperidine rings is 2. The lowest BCUT2D eigenvalue weighted by atomic mass is 9.70. The summed E-state index contributed by atoms with van der Waals surface area (Å²) in [6, 6.07) is 20.0. The van der Waals surface area contributed by atoms with Crippen LogP contribution in [0.5, 0.6) is 0 Å². The summed E-state index contributed by atoms with van der Waals surface area (Å²) in [5.74, 6) is 4.71. The Kier molecular flexibility index (Phi) is 6.87. The molecule has 7 heteroatoms. The molecule has 3 fully saturated rings. The molecule has 2 saturated heterocycles. The summed E-state index contributed by atoms with van der Waals surface area (Å²) in [5.41, 5.74) is 4.01. The summed E-state index contributed by atoms with van der Waals surface area (Å²) in [7, 11) is 1.96. The largest absolute Gasteiger partial charge is 0.480 e. The zero-order chi connectivity index (χ0) is 27.8. The Morgan fingerprint density at radius 2 is 1.57 bits per heavy atom. The average Bonchev–Trinajstić information content (AvgIpc) is 3.14. The van der Waals surface area contributed by atoms with Crippen LogP contribution < -0.4 is 4.90 Å².